The van der Waals surface area contributed by atoms with Crippen molar-refractivity contribution < 1.29 is 19.5 Å². The van der Waals surface area contributed by atoms with Gasteiger partial charge in [-0.2, -0.15) is 0 Å². The van der Waals surface area contributed by atoms with Crippen LogP contribution in [0.2, 0.25) is 0 Å². The molecule has 2 bridgehead atoms. The SMILES string of the molecule is O=C1NCCCn2cc(nn2)CC2(CCN(C(=O)[C@@H](O)c3ccccc3)CC2)C(=O)N[C@H]1Cc1ccccc1. The van der Waals surface area contributed by atoms with Gasteiger partial charge in [0.2, 0.25) is 11.8 Å². The van der Waals surface area contributed by atoms with E-state index in [2.05, 4.69) is 20.9 Å². The first-order valence-corrected chi connectivity index (χ1v) is 13.5. The maximum atomic E-state index is 14.0. The highest BCUT2D eigenvalue weighted by Gasteiger charge is 2.45. The lowest BCUT2D eigenvalue weighted by Crippen LogP contribution is -2.56. The summed E-state index contributed by atoms with van der Waals surface area (Å²) in [6.45, 7) is 1.67. The molecule has 10 heteroatoms. The Morgan fingerprint density at radius 1 is 1.03 bits per heavy atom. The van der Waals surface area contributed by atoms with Crippen LogP contribution in [-0.2, 0) is 33.8 Å². The molecule has 1 saturated heterocycles. The average molecular weight is 531 g/mol. The molecule has 39 heavy (non-hydrogen) atoms. The standard InChI is InChI=1S/C29H34N6O4/c36-25(22-10-5-2-6-11-22)27(38)34-16-12-29(13-17-34)19-23-20-35(33-32-23)15-7-14-30-26(37)24(31-28(29)39)18-21-8-3-1-4-9-21/h1-6,8-11,20,24-25,36H,7,12-19H2,(H,30,37)(H,31,39)/t24-,25-/m0/s1. The molecular weight excluding hydrogens is 496 g/mol. The molecule has 0 radical (unpaired) electrons. The molecular formula is C29H34N6O4. The summed E-state index contributed by atoms with van der Waals surface area (Å²) in [6.07, 6.45) is 2.75. The van der Waals surface area contributed by atoms with Crippen molar-refractivity contribution in [3.63, 3.8) is 0 Å². The number of aryl methyl sites for hydroxylation is 1. The van der Waals surface area contributed by atoms with Crippen LogP contribution in [0.15, 0.2) is 66.9 Å². The van der Waals surface area contributed by atoms with Crippen LogP contribution in [0.1, 0.15) is 42.2 Å². The Bertz CT molecular complexity index is 1290. The minimum Gasteiger partial charge on any atom is -0.378 e. The monoisotopic (exact) mass is 530 g/mol. The molecule has 2 aliphatic heterocycles. The van der Waals surface area contributed by atoms with Gasteiger partial charge in [-0.1, -0.05) is 65.9 Å². The molecule has 2 aliphatic rings. The van der Waals surface area contributed by atoms with Gasteiger partial charge in [0, 0.05) is 45.2 Å². The number of aromatic nitrogens is 3. The quantitative estimate of drug-likeness (QED) is 0.468. The molecule has 3 heterocycles. The fourth-order valence-corrected chi connectivity index (χ4v) is 5.41. The number of amides is 3. The molecule has 2 aromatic carbocycles. The number of likely N-dealkylation sites (tertiary alicyclic amines) is 1. The van der Waals surface area contributed by atoms with Gasteiger partial charge in [0.1, 0.15) is 6.04 Å². The zero-order chi connectivity index (χ0) is 27.2. The van der Waals surface area contributed by atoms with Gasteiger partial charge in [0.25, 0.3) is 5.91 Å². The third-order valence-electron chi connectivity index (χ3n) is 7.74. The molecule has 3 amide bonds. The number of aliphatic hydroxyl groups is 1. The largest absolute Gasteiger partial charge is 0.378 e. The van der Waals surface area contributed by atoms with Gasteiger partial charge in [-0.3, -0.25) is 19.1 Å². The maximum Gasteiger partial charge on any atom is 0.256 e. The molecule has 0 aliphatic carbocycles. The minimum atomic E-state index is -1.26. The lowest BCUT2D eigenvalue weighted by molar-refractivity contribution is -0.147. The van der Waals surface area contributed by atoms with Crippen molar-refractivity contribution in [3.05, 3.63) is 83.7 Å². The second-order valence-corrected chi connectivity index (χ2v) is 10.4. The Labute approximate surface area is 227 Å². The fraction of sp³-hybridized carbons (Fsp3) is 0.414. The predicted octanol–water partition coefficient (Wildman–Crippen LogP) is 1.41. The summed E-state index contributed by atoms with van der Waals surface area (Å²) in [5.74, 6) is -0.838. The van der Waals surface area contributed by atoms with Crippen LogP contribution in [0.25, 0.3) is 0 Å². The van der Waals surface area contributed by atoms with E-state index >= 15 is 0 Å². The van der Waals surface area contributed by atoms with Crippen LogP contribution in [0.4, 0.5) is 0 Å². The number of nitrogens with one attached hydrogen (secondary N) is 2. The van der Waals surface area contributed by atoms with Crippen LogP contribution in [0, 0.1) is 5.41 Å². The van der Waals surface area contributed by atoms with E-state index in [0.717, 1.165) is 5.56 Å². The predicted molar refractivity (Wildman–Crippen MR) is 143 cm³/mol. The summed E-state index contributed by atoms with van der Waals surface area (Å²) >= 11 is 0. The third-order valence-corrected chi connectivity index (χ3v) is 7.74. The van der Waals surface area contributed by atoms with Gasteiger partial charge in [-0.15, -0.1) is 5.10 Å². The summed E-state index contributed by atoms with van der Waals surface area (Å²) in [7, 11) is 0. The first-order valence-electron chi connectivity index (χ1n) is 13.5. The highest BCUT2D eigenvalue weighted by molar-refractivity contribution is 5.91. The number of nitrogens with zero attached hydrogens (tertiary/aromatic N) is 4. The number of hydrogen-bond donors (Lipinski definition) is 3. The average Bonchev–Trinajstić information content (AvgIpc) is 3.41. The van der Waals surface area contributed by atoms with Crippen LogP contribution in [0.3, 0.4) is 0 Å². The lowest BCUT2D eigenvalue weighted by Gasteiger charge is -2.41. The van der Waals surface area contributed by atoms with Crippen molar-refractivity contribution in [1.29, 1.82) is 0 Å². The van der Waals surface area contributed by atoms with Gasteiger partial charge in [0.15, 0.2) is 6.10 Å². The van der Waals surface area contributed by atoms with Gasteiger partial charge in [-0.05, 0) is 30.4 Å². The number of benzene rings is 2. The van der Waals surface area contributed by atoms with Crippen LogP contribution in [-0.4, -0.2) is 68.4 Å². The van der Waals surface area contributed by atoms with E-state index in [4.69, 9.17) is 0 Å². The van der Waals surface area contributed by atoms with E-state index in [1.807, 2.05) is 42.6 Å². The van der Waals surface area contributed by atoms with Crippen LogP contribution in [0.5, 0.6) is 0 Å². The Morgan fingerprint density at radius 2 is 1.72 bits per heavy atom. The van der Waals surface area contributed by atoms with Gasteiger partial charge in [-0.25, -0.2) is 0 Å². The van der Waals surface area contributed by atoms with Gasteiger partial charge < -0.3 is 20.6 Å². The highest BCUT2D eigenvalue weighted by Crippen LogP contribution is 2.36. The number of fused-ring (bicyclic) bond motifs is 2. The Hall–Kier alpha value is -4.05. The first-order chi connectivity index (χ1) is 18.9. The minimum absolute atomic E-state index is 0.224. The highest BCUT2D eigenvalue weighted by atomic mass is 16.3. The number of hydrogen-bond acceptors (Lipinski definition) is 6. The third kappa shape index (κ3) is 6.17. The molecule has 1 fully saturated rings. The molecule has 0 unspecified atom stereocenters. The van der Waals surface area contributed by atoms with Crippen molar-refractivity contribution in [2.24, 2.45) is 5.41 Å². The molecule has 0 saturated carbocycles. The summed E-state index contributed by atoms with van der Waals surface area (Å²) in [4.78, 5) is 41.9. The zero-order valence-electron chi connectivity index (χ0n) is 21.8. The number of rotatable bonds is 4. The van der Waals surface area contributed by atoms with E-state index in [1.54, 1.807) is 33.8 Å². The van der Waals surface area contributed by atoms with E-state index in [0.29, 0.717) is 69.5 Å². The van der Waals surface area contributed by atoms with Crippen molar-refractivity contribution >= 4 is 17.7 Å². The topological polar surface area (TPSA) is 129 Å². The summed E-state index contributed by atoms with van der Waals surface area (Å²) in [5.41, 5.74) is 1.31. The van der Waals surface area contributed by atoms with E-state index < -0.39 is 17.6 Å². The molecule has 5 rings (SSSR count). The normalized spacial score (nSPS) is 20.6. The Balaban J connectivity index is 1.37. The summed E-state index contributed by atoms with van der Waals surface area (Å²) < 4.78 is 1.74. The Kier molecular flexibility index (Phi) is 8.02. The molecule has 1 spiro atoms. The second-order valence-electron chi connectivity index (χ2n) is 10.4. The van der Waals surface area contributed by atoms with Crippen LogP contribution < -0.4 is 10.6 Å². The smallest absolute Gasteiger partial charge is 0.256 e. The molecule has 1 aromatic heterocycles. The molecule has 3 N–H and O–H groups in total. The van der Waals surface area contributed by atoms with Crippen molar-refractivity contribution in [1.82, 2.24) is 30.5 Å². The first kappa shape index (κ1) is 26.6. The van der Waals surface area contributed by atoms with Crippen molar-refractivity contribution in [2.75, 3.05) is 19.6 Å². The maximum absolute atomic E-state index is 14.0. The fourth-order valence-electron chi connectivity index (χ4n) is 5.41. The molecule has 204 valence electrons. The van der Waals surface area contributed by atoms with E-state index in [9.17, 15) is 19.5 Å². The number of aliphatic hydroxyl groups excluding tert-OH is 1. The van der Waals surface area contributed by atoms with E-state index in [-0.39, 0.29) is 17.7 Å². The lowest BCUT2D eigenvalue weighted by atomic mass is 9.73. The molecule has 2 atom stereocenters. The van der Waals surface area contributed by atoms with Crippen molar-refractivity contribution in [3.8, 4) is 0 Å². The Morgan fingerprint density at radius 3 is 2.44 bits per heavy atom. The van der Waals surface area contributed by atoms with Crippen molar-refractivity contribution in [2.45, 2.75) is 50.8 Å². The number of carbonyl (C=O) groups is 3. The van der Waals surface area contributed by atoms with E-state index in [1.165, 1.54) is 0 Å². The zero-order valence-corrected chi connectivity index (χ0v) is 21.8. The van der Waals surface area contributed by atoms with Crippen LogP contribution >= 0.6 is 0 Å². The molecule has 10 nitrogen and oxygen atoms in total. The summed E-state index contributed by atoms with van der Waals surface area (Å²) in [5, 5.41) is 25.2. The van der Waals surface area contributed by atoms with Gasteiger partial charge >= 0.3 is 0 Å². The summed E-state index contributed by atoms with van der Waals surface area (Å²) in [6, 6.07) is 17.7. The van der Waals surface area contributed by atoms with Gasteiger partial charge in [0.05, 0.1) is 11.1 Å². The number of piperidine rings is 1. The second kappa shape index (κ2) is 11.8. The molecule has 3 aromatic rings. The number of carbonyl (C=O) groups excluding carboxylic acids is 3.